The molecule has 1 aliphatic heterocycles. The van der Waals surface area contributed by atoms with Gasteiger partial charge in [0, 0.05) is 6.54 Å². The lowest BCUT2D eigenvalue weighted by Crippen LogP contribution is -2.37. The number of hydrogen-bond donors (Lipinski definition) is 1. The van der Waals surface area contributed by atoms with Gasteiger partial charge in [0.15, 0.2) is 0 Å². The van der Waals surface area contributed by atoms with Crippen LogP contribution in [0.1, 0.15) is 26.2 Å². The van der Waals surface area contributed by atoms with E-state index in [2.05, 4.69) is 17.1 Å². The number of halogens is 1. The number of rotatable bonds is 7. The third-order valence-electron chi connectivity index (χ3n) is 3.26. The summed E-state index contributed by atoms with van der Waals surface area (Å²) in [7, 11) is 0. The van der Waals surface area contributed by atoms with Crippen molar-refractivity contribution in [3.8, 4) is 0 Å². The first-order chi connectivity index (χ1) is 7.86. The van der Waals surface area contributed by atoms with Crippen LogP contribution in [-0.4, -0.2) is 44.3 Å². The largest absolute Gasteiger partial charge is 0.317 e. The van der Waals surface area contributed by atoms with Crippen molar-refractivity contribution in [3.63, 3.8) is 0 Å². The molecule has 16 heavy (non-hydrogen) atoms. The Morgan fingerprint density at radius 3 is 2.69 bits per heavy atom. The van der Waals surface area contributed by atoms with Gasteiger partial charge in [0.05, 0.1) is 0 Å². The monoisotopic (exact) mass is 228 g/mol. The molecule has 1 rings (SSSR count). The first-order valence-electron chi connectivity index (χ1n) is 6.50. The molecule has 0 saturated carbocycles. The Morgan fingerprint density at radius 2 is 2.06 bits per heavy atom. The second-order valence-corrected chi connectivity index (χ2v) is 4.51. The summed E-state index contributed by atoms with van der Waals surface area (Å²) < 4.78 is 11.8. The summed E-state index contributed by atoms with van der Waals surface area (Å²) in [6.45, 7) is 7.58. The minimum Gasteiger partial charge on any atom is -0.317 e. The molecule has 0 unspecified atom stereocenters. The number of allylic oxidation sites excluding steroid dienone is 1. The highest BCUT2D eigenvalue weighted by atomic mass is 19.1. The summed E-state index contributed by atoms with van der Waals surface area (Å²) in [4.78, 5) is 2.49. The molecule has 0 aromatic heterocycles. The fourth-order valence-electron chi connectivity index (χ4n) is 2.20. The Kier molecular flexibility index (Phi) is 7.43. The van der Waals surface area contributed by atoms with Crippen LogP contribution in [-0.2, 0) is 0 Å². The normalized spacial score (nSPS) is 19.6. The molecule has 2 nitrogen and oxygen atoms in total. The van der Waals surface area contributed by atoms with Gasteiger partial charge in [-0.15, -0.1) is 0 Å². The number of nitrogens with one attached hydrogen (secondary N) is 1. The van der Waals surface area contributed by atoms with Gasteiger partial charge in [-0.3, -0.25) is 0 Å². The fourth-order valence-corrected chi connectivity index (χ4v) is 2.20. The molecular weight excluding hydrogens is 203 g/mol. The van der Waals surface area contributed by atoms with Gasteiger partial charge in [-0.25, -0.2) is 4.39 Å². The minimum atomic E-state index is -0.329. The maximum Gasteiger partial charge on any atom is 0.108 e. The van der Waals surface area contributed by atoms with E-state index in [-0.39, 0.29) is 6.67 Å². The van der Waals surface area contributed by atoms with Gasteiger partial charge in [0.25, 0.3) is 0 Å². The average Bonchev–Trinajstić information content (AvgIpc) is 2.33. The molecule has 1 saturated heterocycles. The summed E-state index contributed by atoms with van der Waals surface area (Å²) in [6, 6.07) is 0. The van der Waals surface area contributed by atoms with Gasteiger partial charge in [0.1, 0.15) is 6.67 Å². The SMILES string of the molecule is CCNCC1CCN(CC/C=C/CF)CC1. The van der Waals surface area contributed by atoms with Crippen LogP contribution in [0, 0.1) is 5.92 Å². The number of hydrogen-bond acceptors (Lipinski definition) is 2. The average molecular weight is 228 g/mol. The van der Waals surface area contributed by atoms with Crippen molar-refractivity contribution >= 4 is 0 Å². The third kappa shape index (κ3) is 5.61. The molecule has 0 bridgehead atoms. The van der Waals surface area contributed by atoms with Crippen molar-refractivity contribution in [3.05, 3.63) is 12.2 Å². The number of alkyl halides is 1. The zero-order valence-electron chi connectivity index (χ0n) is 10.4. The van der Waals surface area contributed by atoms with Gasteiger partial charge < -0.3 is 10.2 Å². The Morgan fingerprint density at radius 1 is 1.31 bits per heavy atom. The summed E-state index contributed by atoms with van der Waals surface area (Å²) >= 11 is 0. The van der Waals surface area contributed by atoms with Crippen molar-refractivity contribution in [1.82, 2.24) is 10.2 Å². The molecule has 0 aliphatic carbocycles. The standard InChI is InChI=1S/C13H25FN2/c1-2-15-12-13-6-10-16(11-7-13)9-5-3-4-8-14/h3-4,13,15H,2,5-12H2,1H3/b4-3+. The summed E-state index contributed by atoms with van der Waals surface area (Å²) in [5.74, 6) is 0.859. The maximum absolute atomic E-state index is 11.8. The Hall–Kier alpha value is -0.410. The highest BCUT2D eigenvalue weighted by molar-refractivity contribution is 4.83. The predicted molar refractivity (Wildman–Crippen MR) is 67.4 cm³/mol. The Labute approximate surface area is 98.9 Å². The van der Waals surface area contributed by atoms with Gasteiger partial charge in [-0.2, -0.15) is 0 Å². The fraction of sp³-hybridized carbons (Fsp3) is 0.846. The smallest absolute Gasteiger partial charge is 0.108 e. The van der Waals surface area contributed by atoms with Crippen LogP contribution in [0.3, 0.4) is 0 Å². The van der Waals surface area contributed by atoms with Gasteiger partial charge in [0.2, 0.25) is 0 Å². The molecule has 0 aromatic carbocycles. The molecule has 1 fully saturated rings. The summed E-state index contributed by atoms with van der Waals surface area (Å²) in [6.07, 6.45) is 7.16. The van der Waals surface area contributed by atoms with Crippen LogP contribution in [0.15, 0.2) is 12.2 Å². The molecule has 0 aromatic rings. The lowest BCUT2D eigenvalue weighted by atomic mass is 9.96. The van der Waals surface area contributed by atoms with Crippen LogP contribution < -0.4 is 5.32 Å². The van der Waals surface area contributed by atoms with Gasteiger partial charge in [-0.05, 0) is 51.4 Å². The van der Waals surface area contributed by atoms with Crippen molar-refractivity contribution < 1.29 is 4.39 Å². The zero-order valence-corrected chi connectivity index (χ0v) is 10.4. The van der Waals surface area contributed by atoms with E-state index in [4.69, 9.17) is 0 Å². The number of piperidine rings is 1. The van der Waals surface area contributed by atoms with E-state index < -0.39 is 0 Å². The van der Waals surface area contributed by atoms with Gasteiger partial charge >= 0.3 is 0 Å². The minimum absolute atomic E-state index is 0.329. The van der Waals surface area contributed by atoms with Crippen LogP contribution in [0.25, 0.3) is 0 Å². The maximum atomic E-state index is 11.8. The molecule has 94 valence electrons. The van der Waals surface area contributed by atoms with Crippen LogP contribution in [0.4, 0.5) is 4.39 Å². The molecule has 1 aliphatic rings. The molecular formula is C13H25FN2. The Bertz CT molecular complexity index is 186. The summed E-state index contributed by atoms with van der Waals surface area (Å²) in [5.41, 5.74) is 0. The molecule has 1 N–H and O–H groups in total. The molecule has 0 atom stereocenters. The highest BCUT2D eigenvalue weighted by Crippen LogP contribution is 2.16. The van der Waals surface area contributed by atoms with E-state index in [0.717, 1.165) is 25.4 Å². The third-order valence-corrected chi connectivity index (χ3v) is 3.26. The second-order valence-electron chi connectivity index (χ2n) is 4.51. The van der Waals surface area contributed by atoms with E-state index >= 15 is 0 Å². The van der Waals surface area contributed by atoms with Crippen LogP contribution in [0.5, 0.6) is 0 Å². The second kappa shape index (κ2) is 8.71. The van der Waals surface area contributed by atoms with E-state index in [1.54, 1.807) is 6.08 Å². The first kappa shape index (κ1) is 13.7. The molecule has 1 heterocycles. The van der Waals surface area contributed by atoms with Crippen molar-refractivity contribution in [2.75, 3.05) is 39.4 Å². The Balaban J connectivity index is 2.05. The summed E-state index contributed by atoms with van der Waals surface area (Å²) in [5, 5.41) is 3.42. The van der Waals surface area contributed by atoms with Crippen LogP contribution >= 0.6 is 0 Å². The van der Waals surface area contributed by atoms with Crippen molar-refractivity contribution in [1.29, 1.82) is 0 Å². The number of nitrogens with zero attached hydrogens (tertiary/aromatic N) is 1. The molecule has 0 spiro atoms. The van der Waals surface area contributed by atoms with E-state index in [9.17, 15) is 4.39 Å². The lowest BCUT2D eigenvalue weighted by molar-refractivity contribution is 0.185. The molecule has 3 heteroatoms. The zero-order chi connectivity index (χ0) is 11.6. The topological polar surface area (TPSA) is 15.3 Å². The van der Waals surface area contributed by atoms with Crippen LogP contribution in [0.2, 0.25) is 0 Å². The highest BCUT2D eigenvalue weighted by Gasteiger charge is 2.17. The molecule has 0 amide bonds. The van der Waals surface area contributed by atoms with E-state index in [0.29, 0.717) is 0 Å². The molecule has 0 radical (unpaired) electrons. The lowest BCUT2D eigenvalue weighted by Gasteiger charge is -2.31. The van der Waals surface area contributed by atoms with E-state index in [1.165, 1.54) is 32.5 Å². The van der Waals surface area contributed by atoms with E-state index in [1.807, 2.05) is 6.08 Å². The van der Waals surface area contributed by atoms with Gasteiger partial charge in [-0.1, -0.05) is 19.1 Å². The predicted octanol–water partition coefficient (Wildman–Crippen LogP) is 2.22. The quantitative estimate of drug-likeness (QED) is 0.672. The number of likely N-dealkylation sites (tertiary alicyclic amines) is 1. The first-order valence-corrected chi connectivity index (χ1v) is 6.50. The van der Waals surface area contributed by atoms with Crippen molar-refractivity contribution in [2.45, 2.75) is 26.2 Å². The van der Waals surface area contributed by atoms with Crippen molar-refractivity contribution in [2.24, 2.45) is 5.92 Å².